The highest BCUT2D eigenvalue weighted by molar-refractivity contribution is 6.01. The number of halogens is 3. The molecule has 5 nitrogen and oxygen atoms in total. The van der Waals surface area contributed by atoms with E-state index in [4.69, 9.17) is 4.74 Å². The van der Waals surface area contributed by atoms with Crippen LogP contribution in [0.3, 0.4) is 0 Å². The van der Waals surface area contributed by atoms with Crippen molar-refractivity contribution in [2.45, 2.75) is 13.0 Å². The molecule has 1 heterocycles. The van der Waals surface area contributed by atoms with Crippen LogP contribution in [0.25, 0.3) is 10.8 Å². The molecule has 0 fully saturated rings. The third kappa shape index (κ3) is 4.28. The number of hydrogen-bond acceptors (Lipinski definition) is 3. The molecule has 0 saturated carbocycles. The minimum absolute atomic E-state index is 0.130. The van der Waals surface area contributed by atoms with Gasteiger partial charge in [0.15, 0.2) is 17.4 Å². The van der Waals surface area contributed by atoms with E-state index in [9.17, 15) is 18.0 Å². The molecule has 27 heavy (non-hydrogen) atoms. The Bertz CT molecular complexity index is 976. The maximum Gasteiger partial charge on any atom is 0.319 e. The fourth-order valence-electron chi connectivity index (χ4n) is 2.49. The number of amides is 2. The van der Waals surface area contributed by atoms with E-state index in [0.717, 1.165) is 22.9 Å². The SMILES string of the molecule is C[C@@H](COc1ccc(F)c(F)c1F)NC(=O)Nc1cccc2cnccc12. The maximum absolute atomic E-state index is 13.6. The summed E-state index contributed by atoms with van der Waals surface area (Å²) in [5, 5.41) is 7.06. The third-order valence-corrected chi connectivity index (χ3v) is 3.80. The highest BCUT2D eigenvalue weighted by Gasteiger charge is 2.16. The smallest absolute Gasteiger partial charge is 0.319 e. The monoisotopic (exact) mass is 375 g/mol. The quantitative estimate of drug-likeness (QED) is 0.656. The van der Waals surface area contributed by atoms with E-state index in [0.29, 0.717) is 5.69 Å². The molecule has 3 rings (SSSR count). The summed E-state index contributed by atoms with van der Waals surface area (Å²) in [4.78, 5) is 16.2. The first-order chi connectivity index (χ1) is 13.0. The number of benzene rings is 2. The summed E-state index contributed by atoms with van der Waals surface area (Å²) in [6.45, 7) is 1.50. The summed E-state index contributed by atoms with van der Waals surface area (Å²) < 4.78 is 44.8. The first-order valence-electron chi connectivity index (χ1n) is 8.12. The molecule has 0 aliphatic carbocycles. The number of hydrogen-bond donors (Lipinski definition) is 2. The lowest BCUT2D eigenvalue weighted by Gasteiger charge is -2.16. The van der Waals surface area contributed by atoms with E-state index in [1.54, 1.807) is 37.5 Å². The van der Waals surface area contributed by atoms with Gasteiger partial charge in [0.25, 0.3) is 0 Å². The summed E-state index contributed by atoms with van der Waals surface area (Å²) in [5.74, 6) is -4.73. The van der Waals surface area contributed by atoms with Crippen molar-refractivity contribution in [3.63, 3.8) is 0 Å². The molecule has 0 saturated heterocycles. The molecule has 0 aliphatic heterocycles. The molecule has 0 bridgehead atoms. The van der Waals surface area contributed by atoms with E-state index in [-0.39, 0.29) is 6.61 Å². The van der Waals surface area contributed by atoms with Gasteiger partial charge in [0.1, 0.15) is 6.61 Å². The van der Waals surface area contributed by atoms with Gasteiger partial charge in [-0.05, 0) is 31.2 Å². The van der Waals surface area contributed by atoms with Crippen molar-refractivity contribution in [1.82, 2.24) is 10.3 Å². The molecule has 2 amide bonds. The average molecular weight is 375 g/mol. The lowest BCUT2D eigenvalue weighted by molar-refractivity contribution is 0.232. The van der Waals surface area contributed by atoms with Crippen molar-refractivity contribution in [3.05, 3.63) is 66.2 Å². The molecule has 0 aliphatic rings. The Balaban J connectivity index is 1.59. The second-order valence-corrected chi connectivity index (χ2v) is 5.89. The largest absolute Gasteiger partial charge is 0.488 e. The molecule has 0 spiro atoms. The van der Waals surface area contributed by atoms with Gasteiger partial charge in [-0.3, -0.25) is 4.98 Å². The number of carbonyl (C=O) groups is 1. The van der Waals surface area contributed by atoms with Crippen LogP contribution in [0.2, 0.25) is 0 Å². The lowest BCUT2D eigenvalue weighted by atomic mass is 10.1. The van der Waals surface area contributed by atoms with Crippen molar-refractivity contribution < 1.29 is 22.7 Å². The number of aromatic nitrogens is 1. The van der Waals surface area contributed by atoms with E-state index >= 15 is 0 Å². The highest BCUT2D eigenvalue weighted by Crippen LogP contribution is 2.23. The summed E-state index contributed by atoms with van der Waals surface area (Å²) >= 11 is 0. The predicted molar refractivity (Wildman–Crippen MR) is 95.2 cm³/mol. The molecule has 2 aromatic carbocycles. The molecule has 0 unspecified atom stereocenters. The molecule has 8 heteroatoms. The molecular formula is C19H16F3N3O2. The second kappa shape index (κ2) is 7.94. The maximum atomic E-state index is 13.6. The summed E-state index contributed by atoms with van der Waals surface area (Å²) in [5.41, 5.74) is 0.604. The van der Waals surface area contributed by atoms with E-state index in [1.807, 2.05) is 6.07 Å². The van der Waals surface area contributed by atoms with Crippen molar-refractivity contribution in [3.8, 4) is 5.75 Å². The molecule has 1 atom stereocenters. The van der Waals surface area contributed by atoms with Crippen LogP contribution in [-0.4, -0.2) is 23.7 Å². The third-order valence-electron chi connectivity index (χ3n) is 3.80. The lowest BCUT2D eigenvalue weighted by Crippen LogP contribution is -2.39. The topological polar surface area (TPSA) is 63.2 Å². The Morgan fingerprint density at radius 2 is 1.96 bits per heavy atom. The van der Waals surface area contributed by atoms with Crippen LogP contribution < -0.4 is 15.4 Å². The summed E-state index contributed by atoms with van der Waals surface area (Å²) in [7, 11) is 0. The summed E-state index contributed by atoms with van der Waals surface area (Å²) in [6, 6.07) is 7.95. The second-order valence-electron chi connectivity index (χ2n) is 5.89. The Kier molecular flexibility index (Phi) is 5.44. The number of rotatable bonds is 5. The van der Waals surface area contributed by atoms with E-state index in [1.165, 1.54) is 0 Å². The zero-order chi connectivity index (χ0) is 19.4. The number of urea groups is 1. The summed E-state index contributed by atoms with van der Waals surface area (Å²) in [6.07, 6.45) is 3.31. The molecule has 1 aromatic heterocycles. The first-order valence-corrected chi connectivity index (χ1v) is 8.12. The normalized spacial score (nSPS) is 11.9. The Morgan fingerprint density at radius 1 is 1.15 bits per heavy atom. The number of ether oxygens (including phenoxy) is 1. The van der Waals surface area contributed by atoms with Gasteiger partial charge in [-0.2, -0.15) is 4.39 Å². The minimum atomic E-state index is -1.60. The van der Waals surface area contributed by atoms with Crippen LogP contribution in [0.5, 0.6) is 5.75 Å². The van der Waals surface area contributed by atoms with Crippen LogP contribution in [0, 0.1) is 17.5 Å². The predicted octanol–water partition coefficient (Wildman–Crippen LogP) is 4.24. The molecule has 0 radical (unpaired) electrons. The van der Waals surface area contributed by atoms with Gasteiger partial charge < -0.3 is 15.4 Å². The zero-order valence-electron chi connectivity index (χ0n) is 14.3. The molecule has 140 valence electrons. The Labute approximate surface area is 153 Å². The van der Waals surface area contributed by atoms with Crippen molar-refractivity contribution >= 4 is 22.5 Å². The van der Waals surface area contributed by atoms with Gasteiger partial charge in [0, 0.05) is 23.2 Å². The first kappa shape index (κ1) is 18.5. The van der Waals surface area contributed by atoms with Gasteiger partial charge >= 0.3 is 6.03 Å². The number of pyridine rings is 1. The number of anilines is 1. The molecular weight excluding hydrogens is 359 g/mol. The molecule has 3 aromatic rings. The fraction of sp³-hybridized carbons (Fsp3) is 0.158. The number of nitrogens with one attached hydrogen (secondary N) is 2. The Morgan fingerprint density at radius 3 is 2.78 bits per heavy atom. The van der Waals surface area contributed by atoms with E-state index < -0.39 is 35.3 Å². The zero-order valence-corrected chi connectivity index (χ0v) is 14.3. The van der Waals surface area contributed by atoms with Crippen LogP contribution in [0.4, 0.5) is 23.7 Å². The van der Waals surface area contributed by atoms with Crippen molar-refractivity contribution in [2.75, 3.05) is 11.9 Å². The van der Waals surface area contributed by atoms with Crippen LogP contribution in [-0.2, 0) is 0 Å². The van der Waals surface area contributed by atoms with Crippen LogP contribution in [0.1, 0.15) is 6.92 Å². The number of carbonyl (C=O) groups excluding carboxylic acids is 1. The fourth-order valence-corrected chi connectivity index (χ4v) is 2.49. The number of fused-ring (bicyclic) bond motifs is 1. The van der Waals surface area contributed by atoms with Crippen molar-refractivity contribution in [2.24, 2.45) is 0 Å². The molecule has 2 N–H and O–H groups in total. The van der Waals surface area contributed by atoms with E-state index in [2.05, 4.69) is 15.6 Å². The van der Waals surface area contributed by atoms with Gasteiger partial charge in [0.2, 0.25) is 5.82 Å². The van der Waals surface area contributed by atoms with Crippen LogP contribution >= 0.6 is 0 Å². The highest BCUT2D eigenvalue weighted by atomic mass is 19.2. The average Bonchev–Trinajstić information content (AvgIpc) is 2.66. The van der Waals surface area contributed by atoms with Gasteiger partial charge in [-0.1, -0.05) is 12.1 Å². The van der Waals surface area contributed by atoms with Gasteiger partial charge in [-0.25, -0.2) is 13.6 Å². The number of nitrogens with zero attached hydrogens (tertiary/aromatic N) is 1. The minimum Gasteiger partial charge on any atom is -0.488 e. The van der Waals surface area contributed by atoms with Gasteiger partial charge in [0.05, 0.1) is 11.7 Å². The van der Waals surface area contributed by atoms with Crippen molar-refractivity contribution in [1.29, 1.82) is 0 Å². The standard InChI is InChI=1S/C19H16F3N3O2/c1-11(10-27-16-6-5-14(20)17(21)18(16)22)24-19(26)25-15-4-2-3-12-9-23-8-7-13(12)15/h2-9,11H,10H2,1H3,(H2,24,25,26)/t11-/m0/s1. The Hall–Kier alpha value is -3.29. The van der Waals surface area contributed by atoms with Gasteiger partial charge in [-0.15, -0.1) is 0 Å². The van der Waals surface area contributed by atoms with Crippen LogP contribution in [0.15, 0.2) is 48.8 Å².